The van der Waals surface area contributed by atoms with Crippen LogP contribution in [0.25, 0.3) is 0 Å². The van der Waals surface area contributed by atoms with Gasteiger partial charge in [-0.3, -0.25) is 9.59 Å². The SMILES string of the molecule is CCCCCCCCCCC/C=C\CCCCCCCCCC(=O)NC(COC1OC(CO)C(OC2OC(CO)C(O)C(OC3(C(=O)O)CC(O)C(NC(C)=O)C(C(O)C(O)CO)O3)C2O)C(O)C1O)C(O)/C=C/CCCCCCCCCCCCCCCCCCCCCC. The van der Waals surface area contributed by atoms with Gasteiger partial charge >= 0.3 is 5.97 Å². The van der Waals surface area contributed by atoms with E-state index in [9.17, 15) is 75.7 Å². The van der Waals surface area contributed by atoms with Crippen molar-refractivity contribution < 1.29 is 104 Å². The Morgan fingerprint density at radius 3 is 1.42 bits per heavy atom. The minimum Gasteiger partial charge on any atom is -0.477 e. The topological polar surface area (TPSA) is 373 Å². The molecule has 3 aliphatic heterocycles. The van der Waals surface area contributed by atoms with Crippen molar-refractivity contribution in [1.82, 2.24) is 10.6 Å². The summed E-state index contributed by atoms with van der Waals surface area (Å²) in [6, 6.07) is -2.62. The highest BCUT2D eigenvalue weighted by molar-refractivity contribution is 5.77. The van der Waals surface area contributed by atoms with Gasteiger partial charge < -0.3 is 100 Å². The second-order valence-electron chi connectivity index (χ2n) is 27.5. The molecule has 0 aromatic carbocycles. The number of unbranched alkanes of at least 4 members (excludes halogenated alkanes) is 36. The van der Waals surface area contributed by atoms with Crippen molar-refractivity contribution in [3.8, 4) is 0 Å². The van der Waals surface area contributed by atoms with Gasteiger partial charge in [0.2, 0.25) is 11.8 Å². The summed E-state index contributed by atoms with van der Waals surface area (Å²) in [6.45, 7) is 2.16. The van der Waals surface area contributed by atoms with Crippen molar-refractivity contribution in [2.45, 2.75) is 394 Å². The molecule has 3 rings (SSSR count). The van der Waals surface area contributed by atoms with Crippen molar-refractivity contribution >= 4 is 17.8 Å². The number of ether oxygens (including phenoxy) is 6. The van der Waals surface area contributed by atoms with Crippen LogP contribution in [0.5, 0.6) is 0 Å². The van der Waals surface area contributed by atoms with E-state index in [-0.39, 0.29) is 12.3 Å². The zero-order valence-electron chi connectivity index (χ0n) is 59.0. The van der Waals surface area contributed by atoms with Gasteiger partial charge in [-0.25, -0.2) is 4.79 Å². The highest BCUT2D eigenvalue weighted by Gasteiger charge is 2.60. The predicted octanol–water partition coefficient (Wildman–Crippen LogP) is 8.40. The summed E-state index contributed by atoms with van der Waals surface area (Å²) in [5.41, 5.74) is 0. The zero-order chi connectivity index (χ0) is 70.4. The molecular weight excluding hydrogens is 1240 g/mol. The first-order chi connectivity index (χ1) is 46.4. The van der Waals surface area contributed by atoms with Crippen LogP contribution in [-0.4, -0.2) is 215 Å². The molecule has 0 aliphatic carbocycles. The second kappa shape index (κ2) is 53.1. The summed E-state index contributed by atoms with van der Waals surface area (Å²) < 4.78 is 34.9. The molecule has 18 atom stereocenters. The van der Waals surface area contributed by atoms with Crippen molar-refractivity contribution in [3.05, 3.63) is 24.3 Å². The fraction of sp³-hybridized carbons (Fsp3) is 0.904. The van der Waals surface area contributed by atoms with Gasteiger partial charge in [-0.2, -0.15) is 0 Å². The molecule has 3 saturated heterocycles. The zero-order valence-corrected chi connectivity index (χ0v) is 59.0. The molecule has 0 radical (unpaired) electrons. The van der Waals surface area contributed by atoms with Gasteiger partial charge in [-0.15, -0.1) is 0 Å². The highest BCUT2D eigenvalue weighted by Crippen LogP contribution is 2.39. The average Bonchev–Trinajstić information content (AvgIpc) is 0.758. The third-order valence-corrected chi connectivity index (χ3v) is 19.1. The molecule has 0 aromatic rings. The summed E-state index contributed by atoms with van der Waals surface area (Å²) in [5.74, 6) is -6.14. The number of carboxylic acids is 1. The number of amides is 2. The Hall–Kier alpha value is -2.79. The molecule has 0 saturated carbocycles. The molecule has 2 amide bonds. The van der Waals surface area contributed by atoms with Crippen LogP contribution < -0.4 is 10.6 Å². The standard InChI is InChI=1S/C73H134N2O21/c1-4-6-8-10-12-14-16-18-20-22-24-26-27-28-30-32-34-36-38-40-42-44-46-55(80)54(75-60(83)47-45-43-41-39-37-35-33-31-29-25-23-21-19-17-15-13-11-9-7-5-2)52-91-70-65(87)64(86)67(59(51-78)93-70)94-71-66(88)69(63(85)58(50-77)92-71)96-73(72(89)90)48-56(81)61(74-53(3)79)68(95-73)62(84)57(82)49-76/h25,29,44,46,54-59,61-71,76-78,80-82,84-88H,4-24,26-28,30-43,45,47-52H2,1-3H3,(H,74,79)(H,75,83)(H,89,90)/b29-25-,46-44+. The summed E-state index contributed by atoms with van der Waals surface area (Å²) in [5, 5.41) is 136. The number of hydrogen-bond acceptors (Lipinski definition) is 20. The number of hydrogen-bond donors (Lipinski definition) is 14. The Labute approximate surface area is 574 Å². The molecule has 3 aliphatic rings. The van der Waals surface area contributed by atoms with Gasteiger partial charge in [-0.1, -0.05) is 244 Å². The average molecular weight is 1380 g/mol. The molecule has 3 heterocycles. The van der Waals surface area contributed by atoms with Crippen LogP contribution in [0.2, 0.25) is 0 Å². The van der Waals surface area contributed by atoms with E-state index >= 15 is 0 Å². The van der Waals surface area contributed by atoms with Crippen LogP contribution in [-0.2, 0) is 42.8 Å². The molecule has 23 nitrogen and oxygen atoms in total. The van der Waals surface area contributed by atoms with Crippen molar-refractivity contribution in [1.29, 1.82) is 0 Å². The summed E-state index contributed by atoms with van der Waals surface area (Å²) >= 11 is 0. The lowest BCUT2D eigenvalue weighted by atomic mass is 9.88. The number of carboxylic acid groups (broad SMARTS) is 1. The smallest absolute Gasteiger partial charge is 0.364 e. The van der Waals surface area contributed by atoms with Crippen LogP contribution in [0.15, 0.2) is 24.3 Å². The number of aliphatic hydroxyl groups is 11. The number of allylic oxidation sites excluding steroid dienone is 3. The number of aliphatic carboxylic acids is 1. The van der Waals surface area contributed by atoms with Crippen molar-refractivity contribution in [3.63, 3.8) is 0 Å². The van der Waals surface area contributed by atoms with Crippen molar-refractivity contribution in [2.75, 3.05) is 26.4 Å². The van der Waals surface area contributed by atoms with E-state index in [4.69, 9.17) is 28.4 Å². The quantitative estimate of drug-likeness (QED) is 0.0201. The number of rotatable bonds is 58. The maximum Gasteiger partial charge on any atom is 0.364 e. The number of aliphatic hydroxyl groups excluding tert-OH is 11. The molecule has 0 spiro atoms. The first-order valence-corrected chi connectivity index (χ1v) is 37.7. The molecule has 562 valence electrons. The van der Waals surface area contributed by atoms with Crippen LogP contribution in [0.1, 0.15) is 284 Å². The van der Waals surface area contributed by atoms with E-state index in [1.165, 1.54) is 167 Å². The molecule has 3 fully saturated rings. The Kier molecular flexibility index (Phi) is 48.3. The lowest BCUT2D eigenvalue weighted by Crippen LogP contribution is -2.70. The molecule has 0 bridgehead atoms. The van der Waals surface area contributed by atoms with Crippen molar-refractivity contribution in [2.24, 2.45) is 0 Å². The molecule has 0 aromatic heterocycles. The molecule has 23 heteroatoms. The largest absolute Gasteiger partial charge is 0.477 e. The first kappa shape index (κ1) is 87.4. The summed E-state index contributed by atoms with van der Waals surface area (Å²) in [4.78, 5) is 38.6. The van der Waals surface area contributed by atoms with Gasteiger partial charge in [0.1, 0.15) is 67.1 Å². The maximum absolute atomic E-state index is 13.5. The second-order valence-corrected chi connectivity index (χ2v) is 27.5. The van der Waals surface area contributed by atoms with Crippen LogP contribution in [0, 0.1) is 0 Å². The minimum atomic E-state index is -3.08. The molecule has 18 unspecified atom stereocenters. The van der Waals surface area contributed by atoms with Crippen LogP contribution in [0.4, 0.5) is 0 Å². The van der Waals surface area contributed by atoms with Gasteiger partial charge in [0.05, 0.1) is 50.7 Å². The third-order valence-electron chi connectivity index (χ3n) is 19.1. The van der Waals surface area contributed by atoms with Gasteiger partial charge in [0, 0.05) is 19.8 Å². The van der Waals surface area contributed by atoms with Crippen LogP contribution >= 0.6 is 0 Å². The lowest BCUT2D eigenvalue weighted by Gasteiger charge is -2.50. The van der Waals surface area contributed by atoms with E-state index in [2.05, 4.69) is 36.6 Å². The molecular formula is C73H134N2O21. The third kappa shape index (κ3) is 34.3. The summed E-state index contributed by atoms with van der Waals surface area (Å²) in [6.07, 6.45) is 26.4. The Morgan fingerprint density at radius 1 is 0.542 bits per heavy atom. The van der Waals surface area contributed by atoms with Gasteiger partial charge in [-0.05, 0) is 44.9 Å². The Morgan fingerprint density at radius 2 is 0.979 bits per heavy atom. The Balaban J connectivity index is 1.57. The number of carbonyl (C=O) groups excluding carboxylic acids is 2. The van der Waals surface area contributed by atoms with Gasteiger partial charge in [0.15, 0.2) is 12.6 Å². The fourth-order valence-electron chi connectivity index (χ4n) is 13.1. The molecule has 96 heavy (non-hydrogen) atoms. The maximum atomic E-state index is 13.5. The number of nitrogens with one attached hydrogen (secondary N) is 2. The molecule has 14 N–H and O–H groups in total. The normalized spacial score (nSPS) is 27.7. The lowest BCUT2D eigenvalue weighted by molar-refractivity contribution is -0.386. The first-order valence-electron chi connectivity index (χ1n) is 37.7. The van der Waals surface area contributed by atoms with E-state index in [0.29, 0.717) is 12.8 Å². The highest BCUT2D eigenvalue weighted by atomic mass is 16.8. The van der Waals surface area contributed by atoms with E-state index in [0.717, 1.165) is 77.6 Å². The monoisotopic (exact) mass is 1370 g/mol. The summed E-state index contributed by atoms with van der Waals surface area (Å²) in [7, 11) is 0. The van der Waals surface area contributed by atoms with Gasteiger partial charge in [0.25, 0.3) is 5.79 Å². The van der Waals surface area contributed by atoms with E-state index < -0.39 is 155 Å². The van der Waals surface area contributed by atoms with E-state index in [1.54, 1.807) is 6.08 Å². The fourth-order valence-corrected chi connectivity index (χ4v) is 13.1. The Bertz CT molecular complexity index is 2030. The minimum absolute atomic E-state index is 0.196. The van der Waals surface area contributed by atoms with Crippen LogP contribution in [0.3, 0.4) is 0 Å². The predicted molar refractivity (Wildman–Crippen MR) is 366 cm³/mol. The number of carbonyl (C=O) groups is 3. The van der Waals surface area contributed by atoms with E-state index in [1.807, 2.05) is 6.08 Å².